The molecular formula is C16H31NO2S. The van der Waals surface area contributed by atoms with Crippen LogP contribution in [0.25, 0.3) is 0 Å². The predicted octanol–water partition coefficient (Wildman–Crippen LogP) is 3.01. The average Bonchev–Trinajstić information content (AvgIpc) is 2.94. The quantitative estimate of drug-likeness (QED) is 0.786. The van der Waals surface area contributed by atoms with E-state index >= 15 is 0 Å². The number of hydrogen-bond acceptors (Lipinski definition) is 3. The third kappa shape index (κ3) is 4.45. The molecule has 2 atom stereocenters. The van der Waals surface area contributed by atoms with Crippen molar-refractivity contribution >= 4 is 9.84 Å². The lowest BCUT2D eigenvalue weighted by Gasteiger charge is -2.35. The first kappa shape index (κ1) is 16.3. The molecule has 0 heterocycles. The molecular weight excluding hydrogens is 270 g/mol. The van der Waals surface area contributed by atoms with E-state index in [-0.39, 0.29) is 11.3 Å². The van der Waals surface area contributed by atoms with Gasteiger partial charge < -0.3 is 5.32 Å². The predicted molar refractivity (Wildman–Crippen MR) is 84.6 cm³/mol. The number of nitrogens with one attached hydrogen (secondary N) is 1. The van der Waals surface area contributed by atoms with Gasteiger partial charge in [-0.25, -0.2) is 8.42 Å². The van der Waals surface area contributed by atoms with Gasteiger partial charge in [0, 0.05) is 17.8 Å². The van der Waals surface area contributed by atoms with Crippen molar-refractivity contribution < 1.29 is 8.42 Å². The van der Waals surface area contributed by atoms with Crippen LogP contribution in [0.5, 0.6) is 0 Å². The van der Waals surface area contributed by atoms with Crippen LogP contribution in [0.1, 0.15) is 59.8 Å². The average molecular weight is 301 g/mol. The van der Waals surface area contributed by atoms with Gasteiger partial charge in [-0.1, -0.05) is 6.92 Å². The summed E-state index contributed by atoms with van der Waals surface area (Å²) in [6.07, 6.45) is 5.95. The van der Waals surface area contributed by atoms with Crippen LogP contribution in [0, 0.1) is 17.3 Å². The molecule has 0 aromatic carbocycles. The highest BCUT2D eigenvalue weighted by Gasteiger charge is 2.53. The summed E-state index contributed by atoms with van der Waals surface area (Å²) in [6.45, 7) is 9.42. The summed E-state index contributed by atoms with van der Waals surface area (Å²) in [5, 5.41) is 3.66. The first-order valence-electron chi connectivity index (χ1n) is 8.10. The van der Waals surface area contributed by atoms with Crippen molar-refractivity contribution in [2.75, 3.05) is 18.1 Å². The van der Waals surface area contributed by atoms with Crippen molar-refractivity contribution in [2.45, 2.75) is 65.3 Å². The molecule has 4 heteroatoms. The summed E-state index contributed by atoms with van der Waals surface area (Å²) in [7, 11) is -2.80. The van der Waals surface area contributed by atoms with Crippen molar-refractivity contribution in [3.8, 4) is 0 Å². The van der Waals surface area contributed by atoms with Gasteiger partial charge in [0.2, 0.25) is 0 Å². The van der Waals surface area contributed by atoms with E-state index in [1.165, 1.54) is 19.3 Å². The molecule has 0 aromatic heterocycles. The fourth-order valence-electron chi connectivity index (χ4n) is 3.71. The van der Waals surface area contributed by atoms with Crippen LogP contribution in [-0.4, -0.2) is 32.0 Å². The van der Waals surface area contributed by atoms with Crippen molar-refractivity contribution in [1.82, 2.24) is 5.32 Å². The second-order valence-corrected chi connectivity index (χ2v) is 10.6. The smallest absolute Gasteiger partial charge is 0.150 e. The van der Waals surface area contributed by atoms with Gasteiger partial charge in [-0.15, -0.1) is 0 Å². The van der Waals surface area contributed by atoms with Crippen LogP contribution in [0.3, 0.4) is 0 Å². The van der Waals surface area contributed by atoms with Crippen molar-refractivity contribution in [2.24, 2.45) is 17.3 Å². The Balaban J connectivity index is 1.88. The molecule has 1 N–H and O–H groups in total. The first-order chi connectivity index (χ1) is 9.15. The Kier molecular flexibility index (Phi) is 4.56. The highest BCUT2D eigenvalue weighted by molar-refractivity contribution is 7.91. The van der Waals surface area contributed by atoms with Gasteiger partial charge in [0.25, 0.3) is 0 Å². The van der Waals surface area contributed by atoms with E-state index in [4.69, 9.17) is 0 Å². The van der Waals surface area contributed by atoms with Gasteiger partial charge in [-0.2, -0.15) is 0 Å². The molecule has 0 saturated heterocycles. The van der Waals surface area contributed by atoms with Crippen LogP contribution in [0.2, 0.25) is 0 Å². The molecule has 20 heavy (non-hydrogen) atoms. The van der Waals surface area contributed by atoms with Crippen molar-refractivity contribution in [3.63, 3.8) is 0 Å². The number of sulfone groups is 1. The Labute approximate surface area is 124 Å². The summed E-state index contributed by atoms with van der Waals surface area (Å²) in [6, 6.07) is 0. The highest BCUT2D eigenvalue weighted by Crippen LogP contribution is 2.61. The zero-order chi connectivity index (χ0) is 15.0. The molecule has 3 nitrogen and oxygen atoms in total. The molecule has 0 aliphatic heterocycles. The van der Waals surface area contributed by atoms with Crippen molar-refractivity contribution in [1.29, 1.82) is 0 Å². The SMILES string of the molecule is CCS(=O)(=O)CCCC1(CNC(C)(C)C)CC2CC2C1. The van der Waals surface area contributed by atoms with E-state index in [2.05, 4.69) is 26.1 Å². The topological polar surface area (TPSA) is 46.2 Å². The molecule has 0 spiro atoms. The van der Waals surface area contributed by atoms with Gasteiger partial charge in [-0.3, -0.25) is 0 Å². The normalized spacial score (nSPS) is 33.2. The van der Waals surface area contributed by atoms with Crippen molar-refractivity contribution in [3.05, 3.63) is 0 Å². The summed E-state index contributed by atoms with van der Waals surface area (Å²) in [5.41, 5.74) is 0.513. The Morgan fingerprint density at radius 3 is 2.30 bits per heavy atom. The van der Waals surface area contributed by atoms with Gasteiger partial charge in [0.05, 0.1) is 5.75 Å². The largest absolute Gasteiger partial charge is 0.312 e. The van der Waals surface area contributed by atoms with E-state index in [0.29, 0.717) is 11.2 Å². The van der Waals surface area contributed by atoms with Crippen LogP contribution in [0.15, 0.2) is 0 Å². The molecule has 0 radical (unpaired) electrons. The zero-order valence-electron chi connectivity index (χ0n) is 13.5. The highest BCUT2D eigenvalue weighted by atomic mass is 32.2. The second kappa shape index (κ2) is 5.60. The summed E-state index contributed by atoms with van der Waals surface area (Å²) in [5.74, 6) is 2.54. The van der Waals surface area contributed by atoms with Gasteiger partial charge in [0.15, 0.2) is 0 Å². The fourth-order valence-corrected chi connectivity index (χ4v) is 4.58. The lowest BCUT2D eigenvalue weighted by atomic mass is 9.78. The molecule has 118 valence electrons. The Bertz CT molecular complexity index is 426. The lowest BCUT2D eigenvalue weighted by molar-refractivity contribution is 0.205. The third-order valence-corrected chi connectivity index (χ3v) is 6.85. The molecule has 0 bridgehead atoms. The number of hydrogen-bond donors (Lipinski definition) is 1. The second-order valence-electron chi connectivity index (χ2n) is 8.11. The maximum Gasteiger partial charge on any atom is 0.150 e. The fraction of sp³-hybridized carbons (Fsp3) is 1.00. The van der Waals surface area contributed by atoms with E-state index in [9.17, 15) is 8.42 Å². The van der Waals surface area contributed by atoms with E-state index in [0.717, 1.165) is 31.2 Å². The Morgan fingerprint density at radius 1 is 1.20 bits per heavy atom. The Morgan fingerprint density at radius 2 is 1.80 bits per heavy atom. The zero-order valence-corrected chi connectivity index (χ0v) is 14.4. The number of rotatable bonds is 7. The molecule has 2 aliphatic rings. The van der Waals surface area contributed by atoms with E-state index in [1.54, 1.807) is 6.92 Å². The minimum atomic E-state index is -2.80. The molecule has 2 unspecified atom stereocenters. The molecule has 0 aromatic rings. The van der Waals surface area contributed by atoms with Gasteiger partial charge in [-0.05, 0) is 70.1 Å². The Hall–Kier alpha value is -0.0900. The monoisotopic (exact) mass is 301 g/mol. The maximum absolute atomic E-state index is 11.7. The minimum absolute atomic E-state index is 0.148. The standard InChI is InChI=1S/C16H31NO2S/c1-5-20(18,19)8-6-7-16(12-17-15(2,3)4)10-13-9-14(13)11-16/h13-14,17H,5-12H2,1-4H3. The van der Waals surface area contributed by atoms with Crippen LogP contribution in [-0.2, 0) is 9.84 Å². The van der Waals surface area contributed by atoms with Gasteiger partial charge >= 0.3 is 0 Å². The molecule has 2 rings (SSSR count). The van der Waals surface area contributed by atoms with Crippen LogP contribution >= 0.6 is 0 Å². The van der Waals surface area contributed by atoms with E-state index in [1.807, 2.05) is 0 Å². The molecule has 2 saturated carbocycles. The summed E-state index contributed by atoms with van der Waals surface area (Å²) in [4.78, 5) is 0. The summed E-state index contributed by atoms with van der Waals surface area (Å²) >= 11 is 0. The summed E-state index contributed by atoms with van der Waals surface area (Å²) < 4.78 is 23.3. The lowest BCUT2D eigenvalue weighted by Crippen LogP contribution is -2.43. The van der Waals surface area contributed by atoms with E-state index < -0.39 is 9.84 Å². The first-order valence-corrected chi connectivity index (χ1v) is 9.92. The van der Waals surface area contributed by atoms with Crippen LogP contribution < -0.4 is 5.32 Å². The third-order valence-electron chi connectivity index (χ3n) is 5.06. The number of fused-ring (bicyclic) bond motifs is 1. The van der Waals surface area contributed by atoms with Gasteiger partial charge in [0.1, 0.15) is 9.84 Å². The molecule has 2 aliphatic carbocycles. The minimum Gasteiger partial charge on any atom is -0.312 e. The van der Waals surface area contributed by atoms with Crippen LogP contribution in [0.4, 0.5) is 0 Å². The molecule has 0 amide bonds. The maximum atomic E-state index is 11.7. The molecule has 2 fully saturated rings.